The normalized spacial score (nSPS) is 41.2. The van der Waals surface area contributed by atoms with E-state index in [1.807, 2.05) is 0 Å². The number of ketones is 3. The number of rotatable bonds is 4. The first-order valence-corrected chi connectivity index (χ1v) is 5.93. The predicted molar refractivity (Wildman–Crippen MR) is 63.4 cm³/mol. The second-order valence-electron chi connectivity index (χ2n) is 5.03. The largest absolute Gasteiger partial charge is 0.396 e. The highest BCUT2D eigenvalue weighted by Crippen LogP contribution is 2.44. The van der Waals surface area contributed by atoms with Crippen LogP contribution in [0.3, 0.4) is 0 Å². The van der Waals surface area contributed by atoms with E-state index in [9.17, 15) is 34.8 Å². The second-order valence-corrected chi connectivity index (χ2v) is 5.03. The molecular weight excluding hydrogens is 272 g/mol. The Bertz CT molecular complexity index is 460. The summed E-state index contributed by atoms with van der Waals surface area (Å²) in [4.78, 5) is 34.8. The number of carbonyl (C=O) groups excluding carboxylic acids is 3. The highest BCUT2D eigenvalue weighted by atomic mass is 16.7. The van der Waals surface area contributed by atoms with Crippen molar-refractivity contribution in [2.75, 3.05) is 13.2 Å². The van der Waals surface area contributed by atoms with E-state index in [2.05, 4.69) is 0 Å². The molecule has 4 atom stereocenters. The van der Waals surface area contributed by atoms with Gasteiger partial charge in [-0.15, -0.1) is 0 Å². The first-order valence-electron chi connectivity index (χ1n) is 5.93. The van der Waals surface area contributed by atoms with E-state index in [-0.39, 0.29) is 0 Å². The zero-order chi connectivity index (χ0) is 15.9. The smallest absolute Gasteiger partial charge is 0.264 e. The van der Waals surface area contributed by atoms with Gasteiger partial charge in [0.2, 0.25) is 0 Å². The van der Waals surface area contributed by atoms with Crippen LogP contribution in [0.2, 0.25) is 0 Å². The summed E-state index contributed by atoms with van der Waals surface area (Å²) >= 11 is 0. The number of hydrogen-bond donors (Lipinski definition) is 4. The van der Waals surface area contributed by atoms with Gasteiger partial charge in [0.1, 0.15) is 0 Å². The summed E-state index contributed by atoms with van der Waals surface area (Å²) in [7, 11) is 0. The van der Waals surface area contributed by atoms with Gasteiger partial charge in [-0.05, 0) is 13.8 Å². The van der Waals surface area contributed by atoms with Crippen LogP contribution in [0, 0.1) is 5.92 Å². The molecule has 0 aromatic carbocycles. The highest BCUT2D eigenvalue weighted by Gasteiger charge is 2.71. The molecule has 20 heavy (non-hydrogen) atoms. The lowest BCUT2D eigenvalue weighted by molar-refractivity contribution is -0.339. The molecule has 0 amide bonds. The van der Waals surface area contributed by atoms with Crippen molar-refractivity contribution in [1.82, 2.24) is 0 Å². The van der Waals surface area contributed by atoms with Gasteiger partial charge in [0, 0.05) is 6.92 Å². The van der Waals surface area contributed by atoms with Gasteiger partial charge >= 0.3 is 0 Å². The molecular formula is C12H18O8. The van der Waals surface area contributed by atoms with Crippen molar-refractivity contribution in [1.29, 1.82) is 0 Å². The Hall–Kier alpha value is -1.19. The maximum absolute atomic E-state index is 11.7. The molecule has 0 radical (unpaired) electrons. The number of hydrogen-bond acceptors (Lipinski definition) is 8. The fraction of sp³-hybridized carbons (Fsp3) is 0.750. The average Bonchev–Trinajstić information content (AvgIpc) is 2.34. The molecule has 0 spiro atoms. The second kappa shape index (κ2) is 4.97. The zero-order valence-electron chi connectivity index (χ0n) is 11.4. The molecule has 0 saturated carbocycles. The van der Waals surface area contributed by atoms with Crippen molar-refractivity contribution in [3.8, 4) is 0 Å². The third kappa shape index (κ3) is 1.92. The number of aliphatic hydroxyl groups is 4. The predicted octanol–water partition coefficient (Wildman–Crippen LogP) is -2.46. The topological polar surface area (TPSA) is 141 Å². The first kappa shape index (κ1) is 16.9. The fourth-order valence-corrected chi connectivity index (χ4v) is 2.49. The minimum absolute atomic E-state index is 0.834. The van der Waals surface area contributed by atoms with Crippen LogP contribution in [0.4, 0.5) is 0 Å². The lowest BCUT2D eigenvalue weighted by Gasteiger charge is -2.53. The molecule has 0 aromatic heterocycles. The maximum atomic E-state index is 11.7. The van der Waals surface area contributed by atoms with Crippen LogP contribution in [-0.2, 0) is 19.1 Å². The number of ether oxygens (including phenoxy) is 1. The van der Waals surface area contributed by atoms with E-state index in [1.54, 1.807) is 0 Å². The molecule has 1 aliphatic heterocycles. The van der Waals surface area contributed by atoms with Crippen molar-refractivity contribution < 1.29 is 39.5 Å². The van der Waals surface area contributed by atoms with Crippen LogP contribution in [0.5, 0.6) is 0 Å². The summed E-state index contributed by atoms with van der Waals surface area (Å²) in [5.74, 6) is -7.81. The van der Waals surface area contributed by atoms with Crippen molar-refractivity contribution in [3.63, 3.8) is 0 Å². The van der Waals surface area contributed by atoms with E-state index in [4.69, 9.17) is 4.74 Å². The van der Waals surface area contributed by atoms with E-state index < -0.39 is 53.5 Å². The lowest BCUT2D eigenvalue weighted by Crippen LogP contribution is -2.78. The summed E-state index contributed by atoms with van der Waals surface area (Å²) in [5, 5.41) is 40.3. The minimum atomic E-state index is -2.94. The molecule has 4 N–H and O–H groups in total. The van der Waals surface area contributed by atoms with Gasteiger partial charge in [0.05, 0.1) is 19.1 Å². The van der Waals surface area contributed by atoms with E-state index >= 15 is 0 Å². The fourth-order valence-electron chi connectivity index (χ4n) is 2.49. The van der Waals surface area contributed by atoms with Crippen molar-refractivity contribution in [2.45, 2.75) is 37.8 Å². The highest BCUT2D eigenvalue weighted by molar-refractivity contribution is 5.98. The molecule has 0 aliphatic carbocycles. The summed E-state index contributed by atoms with van der Waals surface area (Å²) in [5.41, 5.74) is -5.33. The Kier molecular flexibility index (Phi) is 4.19. The van der Waals surface area contributed by atoms with Crippen LogP contribution in [-0.4, -0.2) is 68.0 Å². The molecule has 1 rings (SSSR count). The van der Waals surface area contributed by atoms with Gasteiger partial charge in [-0.1, -0.05) is 0 Å². The van der Waals surface area contributed by atoms with E-state index in [0.717, 1.165) is 20.8 Å². The number of aliphatic hydroxyl groups excluding tert-OH is 1. The zero-order valence-corrected chi connectivity index (χ0v) is 11.4. The molecule has 1 fully saturated rings. The minimum Gasteiger partial charge on any atom is -0.396 e. The summed E-state index contributed by atoms with van der Waals surface area (Å²) < 4.78 is 4.77. The molecule has 8 nitrogen and oxygen atoms in total. The standard InChI is InChI=1S/C12H18O8/c1-6(14)10(17)5-20-12(19,8(3)16)11(18,7(2)15)9(10)4-13/h9,13,17-19H,4-5H2,1-3H3/t9-,10+,11-,12?/m1/s1. The summed E-state index contributed by atoms with van der Waals surface area (Å²) in [6, 6.07) is 0. The van der Waals surface area contributed by atoms with Crippen LogP contribution in [0.1, 0.15) is 20.8 Å². The Morgan fingerprint density at radius 3 is 1.85 bits per heavy atom. The monoisotopic (exact) mass is 290 g/mol. The number of carbonyl (C=O) groups is 3. The molecule has 8 heteroatoms. The lowest BCUT2D eigenvalue weighted by atomic mass is 9.65. The van der Waals surface area contributed by atoms with Crippen molar-refractivity contribution in [2.24, 2.45) is 5.92 Å². The van der Waals surface area contributed by atoms with Crippen LogP contribution < -0.4 is 0 Å². The maximum Gasteiger partial charge on any atom is 0.264 e. The Balaban J connectivity index is 3.56. The number of Topliss-reactive ketones (excluding diaryl/α,β-unsaturated/α-hetero) is 3. The van der Waals surface area contributed by atoms with Gasteiger partial charge in [-0.2, -0.15) is 0 Å². The van der Waals surface area contributed by atoms with Gasteiger partial charge in [-0.3, -0.25) is 14.4 Å². The molecule has 0 bridgehead atoms. The average molecular weight is 290 g/mol. The van der Waals surface area contributed by atoms with Crippen molar-refractivity contribution >= 4 is 17.3 Å². The third-order valence-corrected chi connectivity index (χ3v) is 3.90. The molecule has 0 aromatic rings. The Labute approximate surface area is 115 Å². The van der Waals surface area contributed by atoms with Crippen LogP contribution >= 0.6 is 0 Å². The molecule has 1 aliphatic rings. The van der Waals surface area contributed by atoms with Crippen LogP contribution in [0.15, 0.2) is 0 Å². The molecule has 1 saturated heterocycles. The molecule has 1 unspecified atom stereocenters. The molecule has 114 valence electrons. The quantitative estimate of drug-likeness (QED) is 0.447. The Morgan fingerprint density at radius 2 is 1.55 bits per heavy atom. The van der Waals surface area contributed by atoms with Crippen molar-refractivity contribution in [3.05, 3.63) is 0 Å². The Morgan fingerprint density at radius 1 is 1.05 bits per heavy atom. The summed E-state index contributed by atoms with van der Waals surface area (Å²) in [6.07, 6.45) is 0. The summed E-state index contributed by atoms with van der Waals surface area (Å²) in [6.45, 7) is 0.862. The molecule has 1 heterocycles. The van der Waals surface area contributed by atoms with E-state index in [1.165, 1.54) is 0 Å². The van der Waals surface area contributed by atoms with E-state index in [0.29, 0.717) is 0 Å². The van der Waals surface area contributed by atoms with Crippen LogP contribution in [0.25, 0.3) is 0 Å². The third-order valence-electron chi connectivity index (χ3n) is 3.90. The SMILES string of the molecule is CC(=O)C1(O)OC[C@](O)(C(C)=O)[C@@H](CO)[C@]1(O)C(C)=O. The van der Waals surface area contributed by atoms with Gasteiger partial charge in [-0.25, -0.2) is 0 Å². The van der Waals surface area contributed by atoms with Gasteiger partial charge in [0.15, 0.2) is 28.6 Å². The first-order chi connectivity index (χ1) is 8.98. The van der Waals surface area contributed by atoms with Gasteiger partial charge < -0.3 is 25.2 Å². The van der Waals surface area contributed by atoms with Gasteiger partial charge in [0.25, 0.3) is 5.79 Å².